The van der Waals surface area contributed by atoms with E-state index in [1.165, 1.54) is 19.8 Å². The van der Waals surface area contributed by atoms with Crippen molar-refractivity contribution in [2.45, 2.75) is 52.7 Å². The molecule has 2 amide bonds. The van der Waals surface area contributed by atoms with Crippen molar-refractivity contribution < 1.29 is 14.3 Å². The summed E-state index contributed by atoms with van der Waals surface area (Å²) in [5.74, 6) is 1.89. The third-order valence-corrected chi connectivity index (χ3v) is 7.55. The highest BCUT2D eigenvalue weighted by Crippen LogP contribution is 2.42. The lowest BCUT2D eigenvalue weighted by molar-refractivity contribution is -0.114. The van der Waals surface area contributed by atoms with Crippen LogP contribution in [-0.4, -0.2) is 46.2 Å². The number of rotatable bonds is 9. The van der Waals surface area contributed by atoms with Crippen LogP contribution in [0.2, 0.25) is 0 Å². The Hall–Kier alpha value is -3.81. The average Bonchev–Trinajstić information content (AvgIpc) is 3.60. The molecule has 5 rings (SSSR count). The largest absolute Gasteiger partial charge is 0.497 e. The second-order valence-electron chi connectivity index (χ2n) is 10.1. The Morgan fingerprint density at radius 2 is 1.95 bits per heavy atom. The molecule has 1 atom stereocenters. The molecule has 0 unspecified atom stereocenters. The fourth-order valence-corrected chi connectivity index (χ4v) is 5.31. The number of aromatic nitrogens is 2. The molecule has 1 fully saturated rings. The van der Waals surface area contributed by atoms with Crippen molar-refractivity contribution in [3.05, 3.63) is 59.2 Å². The van der Waals surface area contributed by atoms with Gasteiger partial charge in [-0.1, -0.05) is 12.1 Å². The first kappa shape index (κ1) is 24.9. The molecule has 1 aliphatic carbocycles. The van der Waals surface area contributed by atoms with E-state index in [0.717, 1.165) is 45.9 Å². The number of hydrogen-bond acceptors (Lipinski definition) is 5. The molecule has 0 saturated heterocycles. The molecule has 1 aromatic heterocycles. The summed E-state index contributed by atoms with van der Waals surface area (Å²) in [5, 5.41) is 7.24. The minimum absolute atomic E-state index is 0.119. The minimum Gasteiger partial charge on any atom is -0.497 e. The van der Waals surface area contributed by atoms with E-state index >= 15 is 0 Å². The SMILES string of the molecule is CCN(Cc1ccc(OC)cc1)c1cc(-c2cc(NC(C)=O)nn2C)cc2c1C(=O)N([C@@H](C)C1CC1)C2. The molecule has 2 aromatic carbocycles. The monoisotopic (exact) mass is 501 g/mol. The van der Waals surface area contributed by atoms with Crippen molar-refractivity contribution in [3.63, 3.8) is 0 Å². The van der Waals surface area contributed by atoms with E-state index in [-0.39, 0.29) is 17.9 Å². The summed E-state index contributed by atoms with van der Waals surface area (Å²) in [6, 6.07) is 14.4. The summed E-state index contributed by atoms with van der Waals surface area (Å²) in [4.78, 5) is 29.7. The van der Waals surface area contributed by atoms with Crippen LogP contribution in [0.15, 0.2) is 42.5 Å². The van der Waals surface area contributed by atoms with E-state index in [9.17, 15) is 9.59 Å². The van der Waals surface area contributed by atoms with Crippen LogP contribution in [0, 0.1) is 5.92 Å². The fourth-order valence-electron chi connectivity index (χ4n) is 5.31. The van der Waals surface area contributed by atoms with Crippen molar-refractivity contribution in [2.24, 2.45) is 13.0 Å². The van der Waals surface area contributed by atoms with Gasteiger partial charge in [0.1, 0.15) is 5.75 Å². The number of hydrogen-bond donors (Lipinski definition) is 1. The first-order valence-electron chi connectivity index (χ1n) is 13.0. The zero-order chi connectivity index (χ0) is 26.3. The van der Waals surface area contributed by atoms with Crippen molar-refractivity contribution in [1.82, 2.24) is 14.7 Å². The maximum atomic E-state index is 13.8. The number of carbonyl (C=O) groups is 2. The Kier molecular flexibility index (Phi) is 6.67. The van der Waals surface area contributed by atoms with Gasteiger partial charge in [-0.05, 0) is 68.0 Å². The molecular weight excluding hydrogens is 466 g/mol. The van der Waals surface area contributed by atoms with E-state index in [0.29, 0.717) is 24.8 Å². The smallest absolute Gasteiger partial charge is 0.256 e. The number of nitrogens with one attached hydrogen (secondary N) is 1. The normalized spacial score (nSPS) is 15.5. The molecular formula is C29H35N5O3. The summed E-state index contributed by atoms with van der Waals surface area (Å²) >= 11 is 0. The van der Waals surface area contributed by atoms with Crippen molar-refractivity contribution in [3.8, 4) is 17.0 Å². The van der Waals surface area contributed by atoms with Gasteiger partial charge >= 0.3 is 0 Å². The van der Waals surface area contributed by atoms with Gasteiger partial charge in [-0.2, -0.15) is 5.10 Å². The number of carbonyl (C=O) groups excluding carboxylic acids is 2. The molecule has 3 aromatic rings. The van der Waals surface area contributed by atoms with Crippen LogP contribution in [0.25, 0.3) is 11.3 Å². The van der Waals surface area contributed by atoms with E-state index in [1.54, 1.807) is 11.8 Å². The minimum atomic E-state index is -0.161. The fraction of sp³-hybridized carbons (Fsp3) is 0.414. The molecule has 2 aliphatic rings. The van der Waals surface area contributed by atoms with Crippen LogP contribution < -0.4 is 15.0 Å². The summed E-state index contributed by atoms with van der Waals surface area (Å²) in [7, 11) is 3.53. The van der Waals surface area contributed by atoms with Gasteiger partial charge in [-0.25, -0.2) is 0 Å². The van der Waals surface area contributed by atoms with Crippen LogP contribution in [0.4, 0.5) is 11.5 Å². The number of benzene rings is 2. The molecule has 0 spiro atoms. The molecule has 1 aliphatic heterocycles. The number of nitrogens with zero attached hydrogens (tertiary/aromatic N) is 4. The van der Waals surface area contributed by atoms with Crippen LogP contribution in [0.1, 0.15) is 55.1 Å². The first-order valence-corrected chi connectivity index (χ1v) is 13.0. The zero-order valence-electron chi connectivity index (χ0n) is 22.2. The lowest BCUT2D eigenvalue weighted by atomic mass is 10.00. The predicted octanol–water partition coefficient (Wildman–Crippen LogP) is 4.83. The van der Waals surface area contributed by atoms with Crippen molar-refractivity contribution in [1.29, 1.82) is 0 Å². The highest BCUT2D eigenvalue weighted by molar-refractivity contribution is 6.05. The standard InChI is InChI=1S/C29H35N5O3/c1-6-33(16-20-7-11-24(37-5)12-8-20)26-14-22(25-15-27(30-19(3)35)31-32(25)4)13-23-17-34(29(36)28(23)26)18(2)21-9-10-21/h7-8,11-15,18,21H,6,9-10,16-17H2,1-5H3,(H,30,31,35)/t18-/m0/s1. The lowest BCUT2D eigenvalue weighted by Gasteiger charge is -2.27. The average molecular weight is 502 g/mol. The third kappa shape index (κ3) is 4.92. The maximum absolute atomic E-state index is 13.8. The van der Waals surface area contributed by atoms with Gasteiger partial charge in [0.2, 0.25) is 5.91 Å². The van der Waals surface area contributed by atoms with E-state index < -0.39 is 0 Å². The summed E-state index contributed by atoms with van der Waals surface area (Å²) in [6.07, 6.45) is 2.39. The Morgan fingerprint density at radius 3 is 2.57 bits per heavy atom. The number of ether oxygens (including phenoxy) is 1. The van der Waals surface area contributed by atoms with Gasteiger partial charge < -0.3 is 19.9 Å². The van der Waals surface area contributed by atoms with Gasteiger partial charge in [-0.3, -0.25) is 14.3 Å². The quantitative estimate of drug-likeness (QED) is 0.454. The second kappa shape index (κ2) is 9.92. The molecule has 37 heavy (non-hydrogen) atoms. The van der Waals surface area contributed by atoms with Gasteiger partial charge in [0.25, 0.3) is 5.91 Å². The highest BCUT2D eigenvalue weighted by Gasteiger charge is 2.40. The molecule has 0 bridgehead atoms. The predicted molar refractivity (Wildman–Crippen MR) is 145 cm³/mol. The Morgan fingerprint density at radius 1 is 1.22 bits per heavy atom. The van der Waals surface area contributed by atoms with E-state index in [4.69, 9.17) is 4.74 Å². The van der Waals surface area contributed by atoms with Gasteiger partial charge in [0.15, 0.2) is 5.82 Å². The summed E-state index contributed by atoms with van der Waals surface area (Å²) < 4.78 is 7.10. The number of amides is 2. The molecule has 8 heteroatoms. The van der Waals surface area contributed by atoms with Gasteiger partial charge in [0, 0.05) is 51.3 Å². The lowest BCUT2D eigenvalue weighted by Crippen LogP contribution is -2.35. The molecule has 2 heterocycles. The van der Waals surface area contributed by atoms with Crippen LogP contribution in [-0.2, 0) is 24.9 Å². The third-order valence-electron chi connectivity index (χ3n) is 7.55. The molecule has 8 nitrogen and oxygen atoms in total. The number of anilines is 2. The Labute approximate surface area is 218 Å². The van der Waals surface area contributed by atoms with Crippen LogP contribution >= 0.6 is 0 Å². The molecule has 0 radical (unpaired) electrons. The maximum Gasteiger partial charge on any atom is 0.256 e. The topological polar surface area (TPSA) is 79.7 Å². The Balaban J connectivity index is 1.57. The van der Waals surface area contributed by atoms with Crippen molar-refractivity contribution >= 4 is 23.3 Å². The Bertz CT molecular complexity index is 1330. The zero-order valence-corrected chi connectivity index (χ0v) is 22.2. The van der Waals surface area contributed by atoms with E-state index in [2.05, 4.69) is 53.4 Å². The van der Waals surface area contributed by atoms with Crippen LogP contribution in [0.3, 0.4) is 0 Å². The molecule has 1 saturated carbocycles. The number of aryl methyl sites for hydroxylation is 1. The summed E-state index contributed by atoms with van der Waals surface area (Å²) in [6.45, 7) is 7.80. The van der Waals surface area contributed by atoms with Crippen LogP contribution in [0.5, 0.6) is 5.75 Å². The molecule has 1 N–H and O–H groups in total. The van der Waals surface area contributed by atoms with Gasteiger partial charge in [-0.15, -0.1) is 0 Å². The second-order valence-corrected chi connectivity index (χ2v) is 10.1. The van der Waals surface area contributed by atoms with Crippen molar-refractivity contribution in [2.75, 3.05) is 23.9 Å². The number of methoxy groups -OCH3 is 1. The molecule has 194 valence electrons. The highest BCUT2D eigenvalue weighted by atomic mass is 16.5. The number of fused-ring (bicyclic) bond motifs is 1. The summed E-state index contributed by atoms with van der Waals surface area (Å²) in [5.41, 5.74) is 5.78. The first-order chi connectivity index (χ1) is 17.8. The van der Waals surface area contributed by atoms with E-state index in [1.807, 2.05) is 30.1 Å². The van der Waals surface area contributed by atoms with Gasteiger partial charge in [0.05, 0.1) is 24.1 Å².